The van der Waals surface area contributed by atoms with Crippen LogP contribution in [0.15, 0.2) is 24.7 Å². The lowest BCUT2D eigenvalue weighted by molar-refractivity contribution is 0.246. The molecule has 1 saturated heterocycles. The third kappa shape index (κ3) is 3.86. The topological polar surface area (TPSA) is 70.3 Å². The standard InChI is InChI=1S/C23H32N6O/c1-6-16-11-17(20(30)19(12-16)23(2,3)4)14-28-7-9-29(10-8-28)22-18-13-26-27(5)21(18)24-15-25-22/h11-13,15,30H,6-10,14H2,1-5H3. The second-order valence-corrected chi connectivity index (χ2v) is 9.22. The summed E-state index contributed by atoms with van der Waals surface area (Å²) < 4.78 is 1.78. The summed E-state index contributed by atoms with van der Waals surface area (Å²) in [6.45, 7) is 13.0. The van der Waals surface area contributed by atoms with Crippen LogP contribution in [0.25, 0.3) is 11.0 Å². The van der Waals surface area contributed by atoms with Gasteiger partial charge < -0.3 is 10.0 Å². The molecule has 0 atom stereocenters. The predicted molar refractivity (Wildman–Crippen MR) is 120 cm³/mol. The lowest BCUT2D eigenvalue weighted by Crippen LogP contribution is -2.46. The number of fused-ring (bicyclic) bond motifs is 1. The molecule has 3 aromatic rings. The van der Waals surface area contributed by atoms with E-state index in [2.05, 4.69) is 64.7 Å². The molecule has 1 aliphatic heterocycles. The van der Waals surface area contributed by atoms with Crippen LogP contribution in [0.2, 0.25) is 0 Å². The van der Waals surface area contributed by atoms with Gasteiger partial charge in [-0.1, -0.05) is 39.8 Å². The van der Waals surface area contributed by atoms with Gasteiger partial charge in [0.15, 0.2) is 5.65 Å². The van der Waals surface area contributed by atoms with Crippen molar-refractivity contribution in [1.29, 1.82) is 0 Å². The summed E-state index contributed by atoms with van der Waals surface area (Å²) in [5.41, 5.74) is 4.13. The Labute approximate surface area is 178 Å². The molecule has 0 aliphatic carbocycles. The van der Waals surface area contributed by atoms with Crippen LogP contribution >= 0.6 is 0 Å². The van der Waals surface area contributed by atoms with E-state index in [-0.39, 0.29) is 5.41 Å². The fourth-order valence-electron chi connectivity index (χ4n) is 4.22. The van der Waals surface area contributed by atoms with Gasteiger partial charge in [0.05, 0.1) is 11.6 Å². The van der Waals surface area contributed by atoms with Crippen LogP contribution in [0.3, 0.4) is 0 Å². The summed E-state index contributed by atoms with van der Waals surface area (Å²) >= 11 is 0. The van der Waals surface area contributed by atoms with E-state index in [1.165, 1.54) is 5.56 Å². The number of phenolic OH excluding ortho intramolecular Hbond substituents is 1. The van der Waals surface area contributed by atoms with Gasteiger partial charge in [0, 0.05) is 45.3 Å². The molecule has 2 aromatic heterocycles. The zero-order chi connectivity index (χ0) is 21.5. The van der Waals surface area contributed by atoms with E-state index < -0.39 is 0 Å². The van der Waals surface area contributed by atoms with Gasteiger partial charge in [-0.15, -0.1) is 0 Å². The van der Waals surface area contributed by atoms with Crippen molar-refractivity contribution in [3.63, 3.8) is 0 Å². The van der Waals surface area contributed by atoms with E-state index in [9.17, 15) is 5.11 Å². The first-order valence-corrected chi connectivity index (χ1v) is 10.7. The second-order valence-electron chi connectivity index (χ2n) is 9.22. The summed E-state index contributed by atoms with van der Waals surface area (Å²) in [6, 6.07) is 4.32. The number of hydrogen-bond donors (Lipinski definition) is 1. The van der Waals surface area contributed by atoms with E-state index in [0.717, 1.165) is 67.1 Å². The average molecular weight is 409 g/mol. The molecule has 0 saturated carbocycles. The first-order valence-electron chi connectivity index (χ1n) is 10.7. The number of piperazine rings is 1. The molecule has 30 heavy (non-hydrogen) atoms. The molecule has 160 valence electrons. The van der Waals surface area contributed by atoms with Gasteiger partial charge in [-0.05, 0) is 23.0 Å². The molecule has 1 aromatic carbocycles. The zero-order valence-corrected chi connectivity index (χ0v) is 18.7. The van der Waals surface area contributed by atoms with Crippen LogP contribution in [-0.4, -0.2) is 55.9 Å². The van der Waals surface area contributed by atoms with Crippen molar-refractivity contribution in [2.45, 2.75) is 46.1 Å². The number of aromatic hydroxyl groups is 1. The number of phenols is 1. The monoisotopic (exact) mass is 408 g/mol. The zero-order valence-electron chi connectivity index (χ0n) is 18.7. The Kier molecular flexibility index (Phi) is 5.40. The Morgan fingerprint density at radius 3 is 2.47 bits per heavy atom. The van der Waals surface area contributed by atoms with Crippen molar-refractivity contribution in [3.05, 3.63) is 41.3 Å². The smallest absolute Gasteiger partial charge is 0.163 e. The highest BCUT2D eigenvalue weighted by Crippen LogP contribution is 2.35. The number of nitrogens with zero attached hydrogens (tertiary/aromatic N) is 6. The SMILES string of the molecule is CCc1cc(CN2CCN(c3ncnc4c3cnn4C)CC2)c(O)c(C(C)(C)C)c1. The molecule has 4 rings (SSSR count). The Morgan fingerprint density at radius 2 is 1.80 bits per heavy atom. The van der Waals surface area contributed by atoms with Crippen LogP contribution < -0.4 is 4.90 Å². The van der Waals surface area contributed by atoms with Crippen molar-refractivity contribution in [2.24, 2.45) is 7.05 Å². The van der Waals surface area contributed by atoms with Gasteiger partial charge in [-0.2, -0.15) is 5.10 Å². The molecule has 1 aliphatic rings. The highest BCUT2D eigenvalue weighted by molar-refractivity contribution is 5.86. The average Bonchev–Trinajstić information content (AvgIpc) is 3.10. The summed E-state index contributed by atoms with van der Waals surface area (Å²) in [4.78, 5) is 13.6. The molecule has 7 heteroatoms. The lowest BCUT2D eigenvalue weighted by atomic mass is 9.83. The number of anilines is 1. The van der Waals surface area contributed by atoms with E-state index in [1.807, 2.05) is 13.2 Å². The maximum absolute atomic E-state index is 11.0. The van der Waals surface area contributed by atoms with Crippen molar-refractivity contribution >= 4 is 16.9 Å². The van der Waals surface area contributed by atoms with Gasteiger partial charge in [0.25, 0.3) is 0 Å². The van der Waals surface area contributed by atoms with E-state index in [0.29, 0.717) is 5.75 Å². The minimum atomic E-state index is -0.0786. The number of benzene rings is 1. The number of hydrogen-bond acceptors (Lipinski definition) is 6. The highest BCUT2D eigenvalue weighted by atomic mass is 16.3. The molecule has 3 heterocycles. The molecule has 0 unspecified atom stereocenters. The maximum atomic E-state index is 11.0. The normalized spacial score (nSPS) is 15.8. The number of rotatable bonds is 4. The molecule has 7 nitrogen and oxygen atoms in total. The highest BCUT2D eigenvalue weighted by Gasteiger charge is 2.24. The van der Waals surface area contributed by atoms with Crippen LogP contribution in [0, 0.1) is 0 Å². The number of aryl methyl sites for hydroxylation is 2. The Hall–Kier alpha value is -2.67. The quantitative estimate of drug-likeness (QED) is 0.715. The molecular formula is C23H32N6O. The van der Waals surface area contributed by atoms with Gasteiger partial charge in [0.2, 0.25) is 0 Å². The van der Waals surface area contributed by atoms with E-state index in [1.54, 1.807) is 11.0 Å². The molecule has 1 N–H and O–H groups in total. The minimum Gasteiger partial charge on any atom is -0.507 e. The Morgan fingerprint density at radius 1 is 1.07 bits per heavy atom. The fraction of sp³-hybridized carbons (Fsp3) is 0.522. The maximum Gasteiger partial charge on any atom is 0.163 e. The van der Waals surface area contributed by atoms with Crippen LogP contribution in [0.1, 0.15) is 44.4 Å². The minimum absolute atomic E-state index is 0.0786. The fourth-order valence-corrected chi connectivity index (χ4v) is 4.22. The summed E-state index contributed by atoms with van der Waals surface area (Å²) in [5, 5.41) is 16.3. The number of aromatic nitrogens is 4. The third-order valence-electron chi connectivity index (χ3n) is 6.04. The van der Waals surface area contributed by atoms with Crippen LogP contribution in [-0.2, 0) is 25.4 Å². The third-order valence-corrected chi connectivity index (χ3v) is 6.04. The summed E-state index contributed by atoms with van der Waals surface area (Å²) in [7, 11) is 1.90. The van der Waals surface area contributed by atoms with Crippen molar-refractivity contribution < 1.29 is 5.11 Å². The Balaban J connectivity index is 1.50. The Bertz CT molecular complexity index is 1040. The summed E-state index contributed by atoms with van der Waals surface area (Å²) in [6.07, 6.45) is 4.44. The molecule has 0 spiro atoms. The molecular weight excluding hydrogens is 376 g/mol. The van der Waals surface area contributed by atoms with E-state index >= 15 is 0 Å². The van der Waals surface area contributed by atoms with Gasteiger partial charge >= 0.3 is 0 Å². The van der Waals surface area contributed by atoms with Crippen molar-refractivity contribution in [1.82, 2.24) is 24.6 Å². The first kappa shape index (κ1) is 20.6. The second kappa shape index (κ2) is 7.87. The van der Waals surface area contributed by atoms with Gasteiger partial charge in [-0.3, -0.25) is 9.58 Å². The molecule has 0 bridgehead atoms. The van der Waals surface area contributed by atoms with Crippen LogP contribution in [0.4, 0.5) is 5.82 Å². The predicted octanol–water partition coefficient (Wildman–Crippen LogP) is 3.25. The molecule has 0 amide bonds. The molecule has 0 radical (unpaired) electrons. The molecule has 1 fully saturated rings. The van der Waals surface area contributed by atoms with Crippen molar-refractivity contribution in [3.8, 4) is 5.75 Å². The van der Waals surface area contributed by atoms with Crippen LogP contribution in [0.5, 0.6) is 5.75 Å². The first-order chi connectivity index (χ1) is 14.3. The largest absolute Gasteiger partial charge is 0.507 e. The van der Waals surface area contributed by atoms with Gasteiger partial charge in [0.1, 0.15) is 17.9 Å². The van der Waals surface area contributed by atoms with E-state index in [4.69, 9.17) is 0 Å². The summed E-state index contributed by atoms with van der Waals surface area (Å²) in [5.74, 6) is 1.41. The van der Waals surface area contributed by atoms with Crippen molar-refractivity contribution in [2.75, 3.05) is 31.1 Å². The van der Waals surface area contributed by atoms with Gasteiger partial charge in [-0.25, -0.2) is 9.97 Å². The lowest BCUT2D eigenvalue weighted by Gasteiger charge is -2.36.